The van der Waals surface area contributed by atoms with E-state index >= 15 is 0 Å². The predicted molar refractivity (Wildman–Crippen MR) is 75.7 cm³/mol. The van der Waals surface area contributed by atoms with Crippen LogP contribution in [0.2, 0.25) is 10.0 Å². The van der Waals surface area contributed by atoms with Gasteiger partial charge in [-0.05, 0) is 37.4 Å². The standard InChI is InChI=1S/C14H12Cl2FNO/c1-18-8-9-2-3-11(16)7-14(9)19-13-5-4-10(15)6-12(13)17/h2-7,18H,8H2,1H3. The molecule has 0 heterocycles. The zero-order valence-corrected chi connectivity index (χ0v) is 11.7. The summed E-state index contributed by atoms with van der Waals surface area (Å²) in [6, 6.07) is 9.52. The van der Waals surface area contributed by atoms with Crippen molar-refractivity contribution in [2.24, 2.45) is 0 Å². The maximum Gasteiger partial charge on any atom is 0.167 e. The van der Waals surface area contributed by atoms with E-state index < -0.39 is 5.82 Å². The Labute approximate surface area is 121 Å². The summed E-state index contributed by atoms with van der Waals surface area (Å²) in [6.45, 7) is 0.599. The average Bonchev–Trinajstić information content (AvgIpc) is 2.36. The zero-order valence-electron chi connectivity index (χ0n) is 10.2. The Bertz CT molecular complexity index is 590. The van der Waals surface area contributed by atoms with Crippen LogP contribution in [0.25, 0.3) is 0 Å². The molecule has 2 aromatic rings. The third-order valence-electron chi connectivity index (χ3n) is 2.51. The topological polar surface area (TPSA) is 21.3 Å². The summed E-state index contributed by atoms with van der Waals surface area (Å²) in [5.41, 5.74) is 0.890. The molecule has 0 aliphatic rings. The number of hydrogen-bond acceptors (Lipinski definition) is 2. The van der Waals surface area contributed by atoms with Crippen LogP contribution in [0.4, 0.5) is 4.39 Å². The second-order valence-corrected chi connectivity index (χ2v) is 4.83. The van der Waals surface area contributed by atoms with E-state index in [2.05, 4.69) is 5.32 Å². The van der Waals surface area contributed by atoms with Gasteiger partial charge in [-0.25, -0.2) is 4.39 Å². The first-order chi connectivity index (χ1) is 9.10. The summed E-state index contributed by atoms with van der Waals surface area (Å²) < 4.78 is 19.3. The van der Waals surface area contributed by atoms with Gasteiger partial charge >= 0.3 is 0 Å². The summed E-state index contributed by atoms with van der Waals surface area (Å²) in [7, 11) is 1.82. The molecule has 0 fully saturated rings. The second kappa shape index (κ2) is 6.24. The maximum atomic E-state index is 13.7. The van der Waals surface area contributed by atoms with Crippen LogP contribution < -0.4 is 10.1 Å². The van der Waals surface area contributed by atoms with Gasteiger partial charge in [0.1, 0.15) is 5.75 Å². The van der Waals surface area contributed by atoms with Gasteiger partial charge in [-0.3, -0.25) is 0 Å². The molecule has 2 rings (SSSR count). The highest BCUT2D eigenvalue weighted by Crippen LogP contribution is 2.31. The van der Waals surface area contributed by atoms with Crippen molar-refractivity contribution >= 4 is 23.2 Å². The van der Waals surface area contributed by atoms with Crippen LogP contribution in [0.5, 0.6) is 11.5 Å². The minimum absolute atomic E-state index is 0.115. The van der Waals surface area contributed by atoms with Gasteiger partial charge in [-0.15, -0.1) is 0 Å². The van der Waals surface area contributed by atoms with Crippen LogP contribution in [-0.4, -0.2) is 7.05 Å². The number of benzene rings is 2. The Kier molecular flexibility index (Phi) is 4.64. The van der Waals surface area contributed by atoms with Crippen molar-refractivity contribution in [2.45, 2.75) is 6.54 Å². The van der Waals surface area contributed by atoms with E-state index in [1.54, 1.807) is 18.2 Å². The Morgan fingerprint density at radius 2 is 1.74 bits per heavy atom. The Hall–Kier alpha value is -1.29. The van der Waals surface area contributed by atoms with Gasteiger partial charge in [0, 0.05) is 22.2 Å². The lowest BCUT2D eigenvalue weighted by Gasteiger charge is -2.12. The van der Waals surface area contributed by atoms with Gasteiger partial charge in [0.2, 0.25) is 0 Å². The van der Waals surface area contributed by atoms with E-state index in [0.29, 0.717) is 22.3 Å². The average molecular weight is 300 g/mol. The molecule has 0 aromatic heterocycles. The molecule has 1 N–H and O–H groups in total. The minimum Gasteiger partial charge on any atom is -0.454 e. The summed E-state index contributed by atoms with van der Waals surface area (Å²) in [5, 5.41) is 3.87. The number of hydrogen-bond donors (Lipinski definition) is 1. The minimum atomic E-state index is -0.511. The summed E-state index contributed by atoms with van der Waals surface area (Å²) in [6.07, 6.45) is 0. The molecule has 5 heteroatoms. The molecule has 0 bridgehead atoms. The van der Waals surface area contributed by atoms with Crippen LogP contribution in [-0.2, 0) is 6.54 Å². The third kappa shape index (κ3) is 3.60. The van der Waals surface area contributed by atoms with Crippen LogP contribution in [0.15, 0.2) is 36.4 Å². The normalized spacial score (nSPS) is 10.5. The number of rotatable bonds is 4. The summed E-state index contributed by atoms with van der Waals surface area (Å²) in [5.74, 6) is 0.120. The highest BCUT2D eigenvalue weighted by molar-refractivity contribution is 6.31. The second-order valence-electron chi connectivity index (χ2n) is 3.96. The molecule has 100 valence electrons. The predicted octanol–water partition coefficient (Wildman–Crippen LogP) is 4.64. The van der Waals surface area contributed by atoms with Gasteiger partial charge in [0.25, 0.3) is 0 Å². The molecule has 2 aromatic carbocycles. The Morgan fingerprint density at radius 3 is 2.42 bits per heavy atom. The Morgan fingerprint density at radius 1 is 1.05 bits per heavy atom. The van der Waals surface area contributed by atoms with E-state index in [1.165, 1.54) is 12.1 Å². The zero-order chi connectivity index (χ0) is 13.8. The van der Waals surface area contributed by atoms with Crippen LogP contribution in [0.3, 0.4) is 0 Å². The fourth-order valence-corrected chi connectivity index (χ4v) is 1.96. The van der Waals surface area contributed by atoms with Crippen LogP contribution >= 0.6 is 23.2 Å². The molecule has 0 spiro atoms. The van der Waals surface area contributed by atoms with Gasteiger partial charge < -0.3 is 10.1 Å². The molecule has 0 unspecified atom stereocenters. The van der Waals surface area contributed by atoms with Crippen molar-refractivity contribution in [3.8, 4) is 11.5 Å². The lowest BCUT2D eigenvalue weighted by Crippen LogP contribution is -2.06. The highest BCUT2D eigenvalue weighted by Gasteiger charge is 2.09. The first-order valence-corrected chi connectivity index (χ1v) is 6.41. The van der Waals surface area contributed by atoms with Crippen molar-refractivity contribution in [1.82, 2.24) is 5.32 Å². The molecule has 19 heavy (non-hydrogen) atoms. The van der Waals surface area contributed by atoms with Crippen molar-refractivity contribution in [2.75, 3.05) is 7.05 Å². The highest BCUT2D eigenvalue weighted by atomic mass is 35.5. The molecule has 0 aliphatic carbocycles. The lowest BCUT2D eigenvalue weighted by molar-refractivity contribution is 0.436. The SMILES string of the molecule is CNCc1ccc(Cl)cc1Oc1ccc(Cl)cc1F. The maximum absolute atomic E-state index is 13.7. The van der Waals surface area contributed by atoms with Crippen molar-refractivity contribution in [1.29, 1.82) is 0 Å². The smallest absolute Gasteiger partial charge is 0.167 e. The van der Waals surface area contributed by atoms with E-state index in [1.807, 2.05) is 13.1 Å². The number of halogens is 3. The van der Waals surface area contributed by atoms with E-state index in [0.717, 1.165) is 5.56 Å². The molecule has 0 saturated carbocycles. The first kappa shape index (κ1) is 14.1. The monoisotopic (exact) mass is 299 g/mol. The van der Waals surface area contributed by atoms with E-state index in [9.17, 15) is 4.39 Å². The summed E-state index contributed by atoms with van der Waals surface area (Å²) >= 11 is 11.6. The number of nitrogens with one attached hydrogen (secondary N) is 1. The summed E-state index contributed by atoms with van der Waals surface area (Å²) in [4.78, 5) is 0. The lowest BCUT2D eigenvalue weighted by atomic mass is 10.2. The molecular formula is C14H12Cl2FNO. The molecule has 2 nitrogen and oxygen atoms in total. The third-order valence-corrected chi connectivity index (χ3v) is 2.98. The van der Waals surface area contributed by atoms with Crippen LogP contribution in [0.1, 0.15) is 5.56 Å². The fraction of sp³-hybridized carbons (Fsp3) is 0.143. The van der Waals surface area contributed by atoms with Crippen LogP contribution in [0, 0.1) is 5.82 Å². The fourth-order valence-electron chi connectivity index (χ4n) is 1.64. The van der Waals surface area contributed by atoms with Crippen molar-refractivity contribution in [3.05, 3.63) is 57.8 Å². The van der Waals surface area contributed by atoms with E-state index in [4.69, 9.17) is 27.9 Å². The van der Waals surface area contributed by atoms with Gasteiger partial charge in [0.05, 0.1) is 0 Å². The first-order valence-electron chi connectivity index (χ1n) is 5.66. The molecule has 0 amide bonds. The quantitative estimate of drug-likeness (QED) is 0.888. The van der Waals surface area contributed by atoms with Crippen molar-refractivity contribution in [3.63, 3.8) is 0 Å². The van der Waals surface area contributed by atoms with E-state index in [-0.39, 0.29) is 5.75 Å². The van der Waals surface area contributed by atoms with Gasteiger partial charge in [-0.1, -0.05) is 29.3 Å². The molecular weight excluding hydrogens is 288 g/mol. The largest absolute Gasteiger partial charge is 0.454 e. The molecule has 0 radical (unpaired) electrons. The molecule has 0 aliphatic heterocycles. The van der Waals surface area contributed by atoms with Gasteiger partial charge in [-0.2, -0.15) is 0 Å². The molecule has 0 saturated heterocycles. The van der Waals surface area contributed by atoms with Crippen molar-refractivity contribution < 1.29 is 9.13 Å². The molecule has 0 atom stereocenters. The van der Waals surface area contributed by atoms with Gasteiger partial charge in [0.15, 0.2) is 11.6 Å². The number of ether oxygens (including phenoxy) is 1. The Balaban J connectivity index is 2.33.